The molecule has 4 aromatic rings. The number of carbonyl (C=O) groups is 2. The molecule has 0 unspecified atom stereocenters. The zero-order valence-electron chi connectivity index (χ0n) is 22.0. The Morgan fingerprint density at radius 3 is 2.56 bits per heavy atom. The van der Waals surface area contributed by atoms with Gasteiger partial charge in [0.25, 0.3) is 6.33 Å². The van der Waals surface area contributed by atoms with E-state index in [1.165, 1.54) is 56.6 Å². The average Bonchev–Trinajstić information content (AvgIpc) is 3.69. The van der Waals surface area contributed by atoms with E-state index in [-0.39, 0.29) is 31.2 Å². The molecule has 0 saturated carbocycles. The molecule has 0 bridgehead atoms. The first-order chi connectivity index (χ1) is 19.2. The van der Waals surface area contributed by atoms with Crippen LogP contribution < -0.4 is 14.6 Å². The topological polar surface area (TPSA) is 138 Å². The lowest BCUT2D eigenvalue weighted by Gasteiger charge is -2.47. The van der Waals surface area contributed by atoms with Crippen LogP contribution in [0.15, 0.2) is 61.4 Å². The SMILES string of the molecule is CC(=O)OC[n+]1cnn(C[C@]([O-])(c2ccc(F)cc2F)[C@@H](C)N2CCN(c3ccc(-n4cnnn4)cc3)C2=O)c1.Cl. The van der Waals surface area contributed by atoms with Gasteiger partial charge in [0, 0.05) is 42.9 Å². The second-order valence-corrected chi connectivity index (χ2v) is 9.31. The predicted molar refractivity (Wildman–Crippen MR) is 138 cm³/mol. The zero-order valence-corrected chi connectivity index (χ0v) is 22.8. The van der Waals surface area contributed by atoms with Gasteiger partial charge in [0.2, 0.25) is 13.1 Å². The van der Waals surface area contributed by atoms with E-state index in [9.17, 15) is 19.1 Å². The van der Waals surface area contributed by atoms with Crippen molar-refractivity contribution in [3.8, 4) is 5.69 Å². The van der Waals surface area contributed by atoms with Crippen LogP contribution in [-0.4, -0.2) is 66.0 Å². The van der Waals surface area contributed by atoms with Crippen LogP contribution in [0.3, 0.4) is 0 Å². The predicted octanol–water partition coefficient (Wildman–Crippen LogP) is 0.953. The van der Waals surface area contributed by atoms with Crippen molar-refractivity contribution in [1.29, 1.82) is 0 Å². The maximum atomic E-state index is 15.0. The van der Waals surface area contributed by atoms with Crippen LogP contribution >= 0.6 is 12.4 Å². The van der Waals surface area contributed by atoms with Crippen LogP contribution in [0.25, 0.3) is 5.69 Å². The van der Waals surface area contributed by atoms with Gasteiger partial charge in [-0.1, -0.05) is 6.07 Å². The second kappa shape index (κ2) is 11.9. The van der Waals surface area contributed by atoms with E-state index >= 15 is 4.39 Å². The van der Waals surface area contributed by atoms with E-state index in [4.69, 9.17) is 4.74 Å². The average molecular weight is 590 g/mol. The van der Waals surface area contributed by atoms with Crippen LogP contribution in [0.2, 0.25) is 0 Å². The number of hydrogen-bond acceptors (Lipinski definition) is 8. The van der Waals surface area contributed by atoms with Crippen molar-refractivity contribution in [1.82, 2.24) is 34.9 Å². The van der Waals surface area contributed by atoms with Crippen LogP contribution in [-0.2, 0) is 28.4 Å². The Bertz CT molecular complexity index is 1520. The summed E-state index contributed by atoms with van der Waals surface area (Å²) in [4.78, 5) is 27.6. The van der Waals surface area contributed by atoms with E-state index in [2.05, 4.69) is 20.6 Å². The Balaban J connectivity index is 0.00000387. The summed E-state index contributed by atoms with van der Waals surface area (Å²) in [5, 5.41) is 29.8. The first-order valence-electron chi connectivity index (χ1n) is 12.3. The second-order valence-electron chi connectivity index (χ2n) is 9.31. The van der Waals surface area contributed by atoms with Gasteiger partial charge in [0.15, 0.2) is 0 Å². The van der Waals surface area contributed by atoms with Gasteiger partial charge in [0.1, 0.15) is 24.5 Å². The minimum absolute atomic E-state index is 0. The lowest BCUT2D eigenvalue weighted by Crippen LogP contribution is -2.60. The molecule has 13 nitrogen and oxygen atoms in total. The molecule has 1 aliphatic heterocycles. The number of ether oxygens (including phenoxy) is 1. The molecule has 3 heterocycles. The van der Waals surface area contributed by atoms with Crippen molar-refractivity contribution in [3.63, 3.8) is 0 Å². The number of halogens is 3. The van der Waals surface area contributed by atoms with Crippen molar-refractivity contribution in [2.24, 2.45) is 0 Å². The standard InChI is InChI=1S/C25H25F2N9O4.ClH/c1-17(34-9-10-35(24(34)38)20-4-6-21(7-5-20)36-13-28-30-31-36)25(39,22-8-3-19(26)11-23(22)27)12-33-15-32(14-29-33)16-40-18(2)37;/h3-8,11,13-15,17H,9-10,12,16H2,1-2H3;1H/t17-,25-;/m1./s1. The van der Waals surface area contributed by atoms with E-state index in [1.807, 2.05) is 0 Å². The van der Waals surface area contributed by atoms with Crippen LogP contribution in [0, 0.1) is 11.6 Å². The molecular weight excluding hydrogens is 564 g/mol. The number of tetrazole rings is 1. The van der Waals surface area contributed by atoms with Crippen molar-refractivity contribution < 1.29 is 32.8 Å². The van der Waals surface area contributed by atoms with Crippen molar-refractivity contribution in [2.45, 2.75) is 38.8 Å². The third kappa shape index (κ3) is 6.00. The number of benzene rings is 2. The van der Waals surface area contributed by atoms with Gasteiger partial charge in [-0.3, -0.25) is 9.69 Å². The molecule has 41 heavy (non-hydrogen) atoms. The maximum absolute atomic E-state index is 15.0. The number of urea groups is 1. The molecule has 1 aliphatic rings. The Labute approximate surface area is 239 Å². The molecule has 1 fully saturated rings. The summed E-state index contributed by atoms with van der Waals surface area (Å²) in [6, 6.07) is 8.21. The summed E-state index contributed by atoms with van der Waals surface area (Å²) in [6.45, 7) is 2.76. The lowest BCUT2D eigenvalue weighted by molar-refractivity contribution is -0.728. The zero-order chi connectivity index (χ0) is 28.4. The minimum Gasteiger partial charge on any atom is -0.842 e. The number of carbonyl (C=O) groups excluding carboxylic acids is 2. The lowest BCUT2D eigenvalue weighted by atomic mass is 9.85. The minimum atomic E-state index is -2.27. The van der Waals surface area contributed by atoms with Crippen LogP contribution in [0.4, 0.5) is 19.3 Å². The third-order valence-electron chi connectivity index (χ3n) is 6.79. The number of hydrogen-bond donors (Lipinski definition) is 0. The molecule has 216 valence electrons. The van der Waals surface area contributed by atoms with Gasteiger partial charge in [-0.2, -0.15) is 0 Å². The first-order valence-corrected chi connectivity index (χ1v) is 12.3. The molecule has 5 rings (SSSR count). The molecule has 2 amide bonds. The first kappa shape index (κ1) is 29.5. The van der Waals surface area contributed by atoms with Gasteiger partial charge < -0.3 is 14.7 Å². The number of aromatic nitrogens is 7. The highest BCUT2D eigenvalue weighted by atomic mass is 35.5. The molecule has 0 radical (unpaired) electrons. The summed E-state index contributed by atoms with van der Waals surface area (Å²) in [5.41, 5.74) is -1.28. The Morgan fingerprint density at radius 2 is 1.90 bits per heavy atom. The fourth-order valence-corrected chi connectivity index (χ4v) is 4.66. The molecule has 2 atom stereocenters. The van der Waals surface area contributed by atoms with E-state index < -0.39 is 41.8 Å². The highest BCUT2D eigenvalue weighted by Gasteiger charge is 2.41. The summed E-state index contributed by atoms with van der Waals surface area (Å²) in [6.07, 6.45) is 4.21. The Morgan fingerprint density at radius 1 is 1.17 bits per heavy atom. The van der Waals surface area contributed by atoms with Gasteiger partial charge in [-0.25, -0.2) is 22.8 Å². The van der Waals surface area contributed by atoms with Crippen molar-refractivity contribution in [2.75, 3.05) is 18.0 Å². The monoisotopic (exact) mass is 589 g/mol. The molecule has 16 heteroatoms. The maximum Gasteiger partial charge on any atom is 0.324 e. The van der Waals surface area contributed by atoms with Gasteiger partial charge in [-0.05, 0) is 58.8 Å². The number of rotatable bonds is 9. The number of esters is 1. The summed E-state index contributed by atoms with van der Waals surface area (Å²) in [5.74, 6) is -2.35. The summed E-state index contributed by atoms with van der Waals surface area (Å²) in [7, 11) is 0. The van der Waals surface area contributed by atoms with Crippen LogP contribution in [0.1, 0.15) is 19.4 Å². The van der Waals surface area contributed by atoms with E-state index in [0.717, 1.165) is 12.1 Å². The third-order valence-corrected chi connectivity index (χ3v) is 6.79. The van der Waals surface area contributed by atoms with Crippen LogP contribution in [0.5, 0.6) is 0 Å². The quantitative estimate of drug-likeness (QED) is 0.208. The van der Waals surface area contributed by atoms with Gasteiger partial charge in [0.05, 0.1) is 5.69 Å². The Kier molecular flexibility index (Phi) is 8.58. The molecule has 0 aliphatic carbocycles. The normalized spacial score (nSPS) is 15.4. The number of anilines is 1. The van der Waals surface area contributed by atoms with Gasteiger partial charge in [-0.15, -0.1) is 22.2 Å². The smallest absolute Gasteiger partial charge is 0.324 e. The highest BCUT2D eigenvalue weighted by molar-refractivity contribution is 5.94. The molecule has 1 saturated heterocycles. The van der Waals surface area contributed by atoms with E-state index in [1.54, 1.807) is 24.3 Å². The van der Waals surface area contributed by atoms with Crippen molar-refractivity contribution >= 4 is 30.1 Å². The molecule has 2 aromatic carbocycles. The molecule has 0 spiro atoms. The molecule has 2 aromatic heterocycles. The fourth-order valence-electron chi connectivity index (χ4n) is 4.66. The summed E-state index contributed by atoms with van der Waals surface area (Å²) < 4.78 is 37.9. The highest BCUT2D eigenvalue weighted by Crippen LogP contribution is 2.33. The van der Waals surface area contributed by atoms with E-state index in [0.29, 0.717) is 24.0 Å². The van der Waals surface area contributed by atoms with Crippen molar-refractivity contribution in [3.05, 3.63) is 78.6 Å². The number of amides is 2. The molecular formula is C25H26ClF2N9O4. The largest absolute Gasteiger partial charge is 0.842 e. The fraction of sp³-hybridized carbons (Fsp3) is 0.320. The molecule has 0 N–H and O–H groups in total. The summed E-state index contributed by atoms with van der Waals surface area (Å²) >= 11 is 0. The number of nitrogens with zero attached hydrogens (tertiary/aromatic N) is 9. The Hall–Kier alpha value is -4.50. The van der Waals surface area contributed by atoms with Gasteiger partial charge >= 0.3 is 12.0 Å².